The Morgan fingerprint density at radius 2 is 1.83 bits per heavy atom. The Bertz CT molecular complexity index is 549. The standard InChI is InChI=1S/C18H26N2O4/c1-13(2)11-23-16-7-9-20(10-8-16)17(21)12-24-15-5-3-14(4-6-15)18(19)22/h3-6,13,16H,7-12H2,1-2H3,(H2,19,22). The minimum atomic E-state index is -0.486. The van der Waals surface area contributed by atoms with Gasteiger partial charge in [0, 0.05) is 25.3 Å². The molecule has 6 nitrogen and oxygen atoms in total. The summed E-state index contributed by atoms with van der Waals surface area (Å²) in [5.74, 6) is 0.555. The van der Waals surface area contributed by atoms with Crippen LogP contribution in [0.4, 0.5) is 0 Å². The normalized spacial score (nSPS) is 15.5. The van der Waals surface area contributed by atoms with Crippen molar-refractivity contribution in [2.75, 3.05) is 26.3 Å². The molecule has 1 heterocycles. The second kappa shape index (κ2) is 8.68. The van der Waals surface area contributed by atoms with Gasteiger partial charge >= 0.3 is 0 Å². The molecule has 0 aromatic heterocycles. The zero-order chi connectivity index (χ0) is 17.5. The Morgan fingerprint density at radius 1 is 1.21 bits per heavy atom. The molecule has 132 valence electrons. The third-order valence-corrected chi connectivity index (χ3v) is 3.96. The van der Waals surface area contributed by atoms with Crippen molar-refractivity contribution >= 4 is 11.8 Å². The lowest BCUT2D eigenvalue weighted by Crippen LogP contribution is -2.43. The molecule has 1 aliphatic rings. The van der Waals surface area contributed by atoms with Crippen LogP contribution in [0.5, 0.6) is 5.75 Å². The van der Waals surface area contributed by atoms with Gasteiger partial charge in [-0.3, -0.25) is 9.59 Å². The molecular weight excluding hydrogens is 308 g/mol. The quantitative estimate of drug-likeness (QED) is 0.825. The molecule has 0 saturated carbocycles. The van der Waals surface area contributed by atoms with Gasteiger partial charge in [0.1, 0.15) is 5.75 Å². The SMILES string of the molecule is CC(C)COC1CCN(C(=O)COc2ccc(C(N)=O)cc2)CC1. The van der Waals surface area contributed by atoms with Crippen LogP contribution in [0, 0.1) is 5.92 Å². The van der Waals surface area contributed by atoms with Crippen molar-refractivity contribution in [2.45, 2.75) is 32.8 Å². The first-order valence-electron chi connectivity index (χ1n) is 8.37. The highest BCUT2D eigenvalue weighted by Gasteiger charge is 2.23. The van der Waals surface area contributed by atoms with E-state index in [1.54, 1.807) is 24.3 Å². The van der Waals surface area contributed by atoms with Crippen LogP contribution in [0.1, 0.15) is 37.0 Å². The number of benzene rings is 1. The van der Waals surface area contributed by atoms with Gasteiger partial charge in [0.05, 0.1) is 6.10 Å². The van der Waals surface area contributed by atoms with Gasteiger partial charge in [0.2, 0.25) is 5.91 Å². The maximum absolute atomic E-state index is 12.2. The number of piperidine rings is 1. The summed E-state index contributed by atoms with van der Waals surface area (Å²) in [4.78, 5) is 25.0. The van der Waals surface area contributed by atoms with Gasteiger partial charge in [0.25, 0.3) is 5.91 Å². The van der Waals surface area contributed by atoms with Crippen LogP contribution in [0.25, 0.3) is 0 Å². The van der Waals surface area contributed by atoms with E-state index in [1.807, 2.05) is 4.90 Å². The van der Waals surface area contributed by atoms with E-state index in [1.165, 1.54) is 0 Å². The van der Waals surface area contributed by atoms with Crippen LogP contribution in [-0.4, -0.2) is 49.1 Å². The summed E-state index contributed by atoms with van der Waals surface area (Å²) in [5, 5.41) is 0. The first-order chi connectivity index (χ1) is 11.5. The van der Waals surface area contributed by atoms with Crippen molar-refractivity contribution in [1.82, 2.24) is 4.90 Å². The van der Waals surface area contributed by atoms with Crippen LogP contribution in [0.2, 0.25) is 0 Å². The van der Waals surface area contributed by atoms with Gasteiger partial charge in [0.15, 0.2) is 6.61 Å². The summed E-state index contributed by atoms with van der Waals surface area (Å²) in [6.45, 7) is 6.42. The average molecular weight is 334 g/mol. The second-order valence-electron chi connectivity index (χ2n) is 6.48. The first-order valence-corrected chi connectivity index (χ1v) is 8.37. The summed E-state index contributed by atoms with van der Waals surface area (Å²) in [5.41, 5.74) is 5.60. The number of primary amides is 1. The molecule has 2 amide bonds. The number of nitrogens with zero attached hydrogens (tertiary/aromatic N) is 1. The fourth-order valence-electron chi connectivity index (χ4n) is 2.55. The molecule has 0 spiro atoms. The van der Waals surface area contributed by atoms with E-state index >= 15 is 0 Å². The van der Waals surface area contributed by atoms with Crippen LogP contribution >= 0.6 is 0 Å². The van der Waals surface area contributed by atoms with Crippen LogP contribution in [0.3, 0.4) is 0 Å². The third kappa shape index (κ3) is 5.53. The third-order valence-electron chi connectivity index (χ3n) is 3.96. The number of ether oxygens (including phenoxy) is 2. The predicted octanol–water partition coefficient (Wildman–Crippen LogP) is 1.83. The zero-order valence-corrected chi connectivity index (χ0v) is 14.4. The van der Waals surface area contributed by atoms with Crippen molar-refractivity contribution in [2.24, 2.45) is 11.7 Å². The highest BCUT2D eigenvalue weighted by Crippen LogP contribution is 2.16. The molecule has 2 rings (SSSR count). The molecule has 1 aromatic rings. The molecule has 0 aliphatic carbocycles. The molecule has 0 atom stereocenters. The minimum absolute atomic E-state index is 0.00651. The molecule has 0 unspecified atom stereocenters. The molecule has 24 heavy (non-hydrogen) atoms. The maximum atomic E-state index is 12.2. The van der Waals surface area contributed by atoms with Gasteiger partial charge in [-0.25, -0.2) is 0 Å². The Kier molecular flexibility index (Phi) is 6.61. The highest BCUT2D eigenvalue weighted by molar-refractivity contribution is 5.92. The van der Waals surface area contributed by atoms with Gasteiger partial charge in [-0.2, -0.15) is 0 Å². The lowest BCUT2D eigenvalue weighted by atomic mass is 10.1. The van der Waals surface area contributed by atoms with E-state index < -0.39 is 5.91 Å². The molecular formula is C18H26N2O4. The van der Waals surface area contributed by atoms with Crippen molar-refractivity contribution in [1.29, 1.82) is 0 Å². The van der Waals surface area contributed by atoms with Crippen molar-refractivity contribution in [3.63, 3.8) is 0 Å². The summed E-state index contributed by atoms with van der Waals surface area (Å²) in [6, 6.07) is 6.44. The number of hydrogen-bond acceptors (Lipinski definition) is 4. The maximum Gasteiger partial charge on any atom is 0.260 e. The molecule has 0 radical (unpaired) electrons. The average Bonchev–Trinajstić information content (AvgIpc) is 2.58. The number of carbonyl (C=O) groups excluding carboxylic acids is 2. The lowest BCUT2D eigenvalue weighted by Gasteiger charge is -2.32. The van der Waals surface area contributed by atoms with E-state index in [-0.39, 0.29) is 18.6 Å². The van der Waals surface area contributed by atoms with Crippen LogP contribution < -0.4 is 10.5 Å². The Morgan fingerprint density at radius 3 is 2.38 bits per heavy atom. The van der Waals surface area contributed by atoms with Gasteiger partial charge < -0.3 is 20.1 Å². The largest absolute Gasteiger partial charge is 0.484 e. The topological polar surface area (TPSA) is 81.9 Å². The fraction of sp³-hybridized carbons (Fsp3) is 0.556. The number of rotatable bonds is 7. The summed E-state index contributed by atoms with van der Waals surface area (Å²) >= 11 is 0. The predicted molar refractivity (Wildman–Crippen MR) is 90.8 cm³/mol. The van der Waals surface area contributed by atoms with E-state index in [0.717, 1.165) is 19.4 Å². The molecule has 1 saturated heterocycles. The van der Waals surface area contributed by atoms with Crippen LogP contribution in [-0.2, 0) is 9.53 Å². The minimum Gasteiger partial charge on any atom is -0.484 e. The van der Waals surface area contributed by atoms with E-state index in [2.05, 4.69) is 13.8 Å². The molecule has 6 heteroatoms. The molecule has 1 fully saturated rings. The molecule has 0 bridgehead atoms. The summed E-state index contributed by atoms with van der Waals surface area (Å²) < 4.78 is 11.3. The zero-order valence-electron chi connectivity index (χ0n) is 14.4. The van der Waals surface area contributed by atoms with E-state index in [4.69, 9.17) is 15.2 Å². The lowest BCUT2D eigenvalue weighted by molar-refractivity contribution is -0.136. The van der Waals surface area contributed by atoms with Gasteiger partial charge in [-0.15, -0.1) is 0 Å². The number of likely N-dealkylation sites (tertiary alicyclic amines) is 1. The van der Waals surface area contributed by atoms with Gasteiger partial charge in [-0.1, -0.05) is 13.8 Å². The van der Waals surface area contributed by atoms with Crippen LogP contribution in [0.15, 0.2) is 24.3 Å². The fourth-order valence-corrected chi connectivity index (χ4v) is 2.55. The molecule has 1 aliphatic heterocycles. The first kappa shape index (κ1) is 18.3. The Balaban J connectivity index is 1.72. The Hall–Kier alpha value is -2.08. The number of carbonyl (C=O) groups is 2. The summed E-state index contributed by atoms with van der Waals surface area (Å²) in [6.07, 6.45) is 1.98. The smallest absolute Gasteiger partial charge is 0.260 e. The highest BCUT2D eigenvalue weighted by atomic mass is 16.5. The van der Waals surface area contributed by atoms with E-state index in [0.29, 0.717) is 30.3 Å². The van der Waals surface area contributed by atoms with Crippen molar-refractivity contribution < 1.29 is 19.1 Å². The number of amides is 2. The van der Waals surface area contributed by atoms with Crippen molar-refractivity contribution in [3.8, 4) is 5.75 Å². The van der Waals surface area contributed by atoms with Crippen molar-refractivity contribution in [3.05, 3.63) is 29.8 Å². The second-order valence-corrected chi connectivity index (χ2v) is 6.48. The molecule has 1 aromatic carbocycles. The van der Waals surface area contributed by atoms with Gasteiger partial charge in [-0.05, 0) is 43.0 Å². The molecule has 2 N–H and O–H groups in total. The van der Waals surface area contributed by atoms with E-state index in [9.17, 15) is 9.59 Å². The Labute approximate surface area is 142 Å². The number of nitrogens with two attached hydrogens (primary N) is 1. The number of hydrogen-bond donors (Lipinski definition) is 1. The monoisotopic (exact) mass is 334 g/mol. The summed E-state index contributed by atoms with van der Waals surface area (Å²) in [7, 11) is 0.